The lowest BCUT2D eigenvalue weighted by atomic mass is 10.1. The van der Waals surface area contributed by atoms with Gasteiger partial charge in [0, 0.05) is 20.1 Å². The van der Waals surface area contributed by atoms with Crippen LogP contribution in [0.3, 0.4) is 0 Å². The molecule has 2 N–H and O–H groups in total. The summed E-state index contributed by atoms with van der Waals surface area (Å²) >= 11 is 0. The van der Waals surface area contributed by atoms with E-state index in [9.17, 15) is 8.42 Å². The van der Waals surface area contributed by atoms with Crippen LogP contribution in [0.2, 0.25) is 0 Å². The van der Waals surface area contributed by atoms with Crippen LogP contribution in [0.15, 0.2) is 29.2 Å². The molecule has 0 amide bonds. The Morgan fingerprint density at radius 2 is 1.70 bits per heavy atom. The van der Waals surface area contributed by atoms with Crippen LogP contribution >= 0.6 is 0 Å². The molecule has 1 aromatic carbocycles. The van der Waals surface area contributed by atoms with E-state index in [0.717, 1.165) is 18.5 Å². The Bertz CT molecular complexity index is 512. The third-order valence-electron chi connectivity index (χ3n) is 3.52. The van der Waals surface area contributed by atoms with E-state index < -0.39 is 10.0 Å². The van der Waals surface area contributed by atoms with Crippen molar-refractivity contribution >= 4 is 10.0 Å². The Kier molecular flexibility index (Phi) is 6.13. The van der Waals surface area contributed by atoms with Crippen molar-refractivity contribution < 1.29 is 8.42 Å². The van der Waals surface area contributed by atoms with Crippen LogP contribution in [0.1, 0.15) is 24.9 Å². The third kappa shape index (κ3) is 4.02. The van der Waals surface area contributed by atoms with Crippen molar-refractivity contribution in [3.63, 3.8) is 0 Å². The molecule has 0 heterocycles. The van der Waals surface area contributed by atoms with E-state index in [1.54, 1.807) is 12.1 Å². The Morgan fingerprint density at radius 3 is 2.15 bits per heavy atom. The molecular weight excluding hydrogens is 274 g/mol. The van der Waals surface area contributed by atoms with Crippen LogP contribution in [0.5, 0.6) is 0 Å². The molecule has 1 rings (SSSR count). The maximum absolute atomic E-state index is 12.0. The van der Waals surface area contributed by atoms with Crippen molar-refractivity contribution in [2.45, 2.75) is 24.3 Å². The zero-order valence-corrected chi connectivity index (χ0v) is 13.5. The van der Waals surface area contributed by atoms with Crippen LogP contribution in [0, 0.1) is 0 Å². The Morgan fingerprint density at radius 1 is 1.15 bits per heavy atom. The average Bonchev–Trinajstić information content (AvgIpc) is 2.43. The van der Waals surface area contributed by atoms with Gasteiger partial charge in [-0.2, -0.15) is 0 Å². The van der Waals surface area contributed by atoms with Gasteiger partial charge in [-0.3, -0.25) is 4.90 Å². The van der Waals surface area contributed by atoms with Crippen LogP contribution in [0.25, 0.3) is 0 Å². The monoisotopic (exact) mass is 299 g/mol. The first-order chi connectivity index (χ1) is 9.30. The highest BCUT2D eigenvalue weighted by Gasteiger charge is 2.18. The highest BCUT2D eigenvalue weighted by Crippen LogP contribution is 2.21. The number of nitrogens with zero attached hydrogens (tertiary/aromatic N) is 2. The van der Waals surface area contributed by atoms with Gasteiger partial charge in [0.1, 0.15) is 0 Å². The summed E-state index contributed by atoms with van der Waals surface area (Å²) in [6.07, 6.45) is 0.952. The molecule has 0 saturated carbocycles. The quantitative estimate of drug-likeness (QED) is 0.823. The minimum absolute atomic E-state index is 0.234. The molecule has 0 spiro atoms. The molecule has 1 unspecified atom stereocenters. The fourth-order valence-corrected chi connectivity index (χ4v) is 2.82. The molecule has 0 radical (unpaired) electrons. The molecule has 0 aliphatic heterocycles. The molecule has 6 heteroatoms. The van der Waals surface area contributed by atoms with Gasteiger partial charge in [-0.05, 0) is 51.2 Å². The number of hydrogen-bond acceptors (Lipinski definition) is 4. The minimum Gasteiger partial charge on any atom is -0.330 e. The van der Waals surface area contributed by atoms with Gasteiger partial charge in [0.25, 0.3) is 0 Å². The van der Waals surface area contributed by atoms with Gasteiger partial charge >= 0.3 is 0 Å². The van der Waals surface area contributed by atoms with Crippen LogP contribution < -0.4 is 5.73 Å². The molecule has 20 heavy (non-hydrogen) atoms. The molecule has 0 aromatic heterocycles. The first-order valence-corrected chi connectivity index (χ1v) is 8.17. The number of rotatable bonds is 7. The molecule has 114 valence electrons. The summed E-state index contributed by atoms with van der Waals surface area (Å²) in [7, 11) is 1.76. The third-order valence-corrected chi connectivity index (χ3v) is 5.35. The van der Waals surface area contributed by atoms with Crippen molar-refractivity contribution in [1.29, 1.82) is 0 Å². The van der Waals surface area contributed by atoms with Gasteiger partial charge in [-0.15, -0.1) is 0 Å². The fourth-order valence-electron chi connectivity index (χ4n) is 1.92. The van der Waals surface area contributed by atoms with Crippen molar-refractivity contribution in [2.75, 3.05) is 34.2 Å². The number of sulfonamides is 1. The molecule has 0 saturated heterocycles. The van der Waals surface area contributed by atoms with E-state index in [1.165, 1.54) is 18.4 Å². The molecule has 1 atom stereocenters. The molecular formula is C14H25N3O2S. The first kappa shape index (κ1) is 17.1. The van der Waals surface area contributed by atoms with Gasteiger partial charge in [-0.25, -0.2) is 12.7 Å². The molecule has 0 bridgehead atoms. The highest BCUT2D eigenvalue weighted by atomic mass is 32.2. The lowest BCUT2D eigenvalue weighted by molar-refractivity contribution is 0.260. The second kappa shape index (κ2) is 7.17. The molecule has 5 nitrogen and oxygen atoms in total. The SMILES string of the molecule is CC(c1ccc(S(=O)(=O)N(C)C)cc1)N(C)CCCN. The molecule has 0 fully saturated rings. The van der Waals surface area contributed by atoms with Crippen LogP contribution in [0.4, 0.5) is 0 Å². The first-order valence-electron chi connectivity index (χ1n) is 6.73. The largest absolute Gasteiger partial charge is 0.330 e. The van der Waals surface area contributed by atoms with E-state index in [0.29, 0.717) is 11.4 Å². The summed E-state index contributed by atoms with van der Waals surface area (Å²) in [4.78, 5) is 2.53. The zero-order chi connectivity index (χ0) is 15.3. The summed E-state index contributed by atoms with van der Waals surface area (Å²) in [6, 6.07) is 7.31. The van der Waals surface area contributed by atoms with Crippen molar-refractivity contribution in [2.24, 2.45) is 5.73 Å². The normalized spacial score (nSPS) is 13.9. The van der Waals surface area contributed by atoms with Gasteiger partial charge in [-0.1, -0.05) is 12.1 Å². The molecule has 1 aromatic rings. The summed E-state index contributed by atoms with van der Waals surface area (Å²) in [5.74, 6) is 0. The predicted octanol–water partition coefficient (Wildman–Crippen LogP) is 1.28. The van der Waals surface area contributed by atoms with E-state index in [-0.39, 0.29) is 6.04 Å². The zero-order valence-electron chi connectivity index (χ0n) is 12.7. The van der Waals surface area contributed by atoms with Crippen molar-refractivity contribution in [1.82, 2.24) is 9.21 Å². The second-order valence-corrected chi connectivity index (χ2v) is 7.31. The number of benzene rings is 1. The Labute approximate surface area is 122 Å². The molecule has 0 aliphatic carbocycles. The van der Waals surface area contributed by atoms with Crippen LogP contribution in [-0.4, -0.2) is 51.9 Å². The summed E-state index contributed by atoms with van der Waals surface area (Å²) in [5, 5.41) is 0. The van der Waals surface area contributed by atoms with Crippen molar-refractivity contribution in [3.8, 4) is 0 Å². The van der Waals surface area contributed by atoms with E-state index >= 15 is 0 Å². The second-order valence-electron chi connectivity index (χ2n) is 5.16. The maximum Gasteiger partial charge on any atom is 0.242 e. The van der Waals surface area contributed by atoms with Gasteiger partial charge < -0.3 is 5.73 Å². The summed E-state index contributed by atoms with van der Waals surface area (Å²) in [6.45, 7) is 3.71. The van der Waals surface area contributed by atoms with E-state index in [4.69, 9.17) is 5.73 Å². The lowest BCUT2D eigenvalue weighted by Gasteiger charge is -2.25. The molecule has 0 aliphatic rings. The Hall–Kier alpha value is -0.950. The topological polar surface area (TPSA) is 66.6 Å². The number of hydrogen-bond donors (Lipinski definition) is 1. The van der Waals surface area contributed by atoms with E-state index in [2.05, 4.69) is 11.8 Å². The van der Waals surface area contributed by atoms with E-state index in [1.807, 2.05) is 19.2 Å². The van der Waals surface area contributed by atoms with Crippen molar-refractivity contribution in [3.05, 3.63) is 29.8 Å². The van der Waals surface area contributed by atoms with Gasteiger partial charge in [0.05, 0.1) is 4.90 Å². The van der Waals surface area contributed by atoms with Gasteiger partial charge in [0.15, 0.2) is 0 Å². The van der Waals surface area contributed by atoms with Gasteiger partial charge in [0.2, 0.25) is 10.0 Å². The fraction of sp³-hybridized carbons (Fsp3) is 0.571. The van der Waals surface area contributed by atoms with Crippen LogP contribution in [-0.2, 0) is 10.0 Å². The standard InChI is InChI=1S/C14H25N3O2S/c1-12(17(4)11-5-10-15)13-6-8-14(9-7-13)20(18,19)16(2)3/h6-9,12H,5,10-11,15H2,1-4H3. The lowest BCUT2D eigenvalue weighted by Crippen LogP contribution is -2.25. The number of nitrogens with two attached hydrogens (primary N) is 1. The summed E-state index contributed by atoms with van der Waals surface area (Å²) in [5.41, 5.74) is 6.61. The average molecular weight is 299 g/mol. The Balaban J connectivity index is 2.86. The summed E-state index contributed by atoms with van der Waals surface area (Å²) < 4.78 is 25.2. The highest BCUT2D eigenvalue weighted by molar-refractivity contribution is 7.89. The predicted molar refractivity (Wildman–Crippen MR) is 82.0 cm³/mol. The smallest absolute Gasteiger partial charge is 0.242 e. The maximum atomic E-state index is 12.0. The minimum atomic E-state index is -3.35.